The van der Waals surface area contributed by atoms with E-state index in [0.29, 0.717) is 36.4 Å². The monoisotopic (exact) mass is 458 g/mol. The number of fused-ring (bicyclic) bond motifs is 1. The number of carboxylic acid groups (broad SMARTS) is 1. The molecule has 7 heteroatoms. The standard InChI is InChI=1S/C27H26N2O5/c30-25(18-34-22-8-2-1-3-9-22)28-21-14-12-19(13-15-21)27(33)29-16-6-7-20(17-26(31)32)23-10-4-5-11-24(23)29/h1-5,8-15,20H,6-7,16-18H2,(H,28,30)(H,31,32). The minimum absolute atomic E-state index is 0.0431. The summed E-state index contributed by atoms with van der Waals surface area (Å²) in [4.78, 5) is 38.6. The molecule has 2 N–H and O–H groups in total. The van der Waals surface area contributed by atoms with Crippen LogP contribution in [0.3, 0.4) is 0 Å². The first-order chi connectivity index (χ1) is 16.5. The Balaban J connectivity index is 1.43. The van der Waals surface area contributed by atoms with Gasteiger partial charge in [0, 0.05) is 23.5 Å². The van der Waals surface area contributed by atoms with E-state index in [1.54, 1.807) is 41.3 Å². The van der Waals surface area contributed by atoms with Gasteiger partial charge in [-0.3, -0.25) is 14.4 Å². The van der Waals surface area contributed by atoms with E-state index in [0.717, 1.165) is 11.3 Å². The molecule has 3 aromatic carbocycles. The van der Waals surface area contributed by atoms with Crippen LogP contribution in [0.25, 0.3) is 0 Å². The van der Waals surface area contributed by atoms with Crippen LogP contribution in [0.2, 0.25) is 0 Å². The van der Waals surface area contributed by atoms with Gasteiger partial charge in [0.05, 0.1) is 6.42 Å². The van der Waals surface area contributed by atoms with Gasteiger partial charge in [-0.1, -0.05) is 36.4 Å². The van der Waals surface area contributed by atoms with Gasteiger partial charge in [0.2, 0.25) is 0 Å². The molecule has 174 valence electrons. The number of ether oxygens (including phenoxy) is 1. The Hall–Kier alpha value is -4.13. The van der Waals surface area contributed by atoms with Crippen molar-refractivity contribution in [3.05, 3.63) is 90.0 Å². The summed E-state index contributed by atoms with van der Waals surface area (Å²) in [6.45, 7) is 0.397. The molecule has 1 aliphatic heterocycles. The minimum atomic E-state index is -0.841. The van der Waals surface area contributed by atoms with E-state index in [1.807, 2.05) is 42.5 Å². The smallest absolute Gasteiger partial charge is 0.303 e. The van der Waals surface area contributed by atoms with Crippen molar-refractivity contribution in [3.8, 4) is 5.75 Å². The highest BCUT2D eigenvalue weighted by Gasteiger charge is 2.28. The molecule has 1 heterocycles. The topological polar surface area (TPSA) is 95.9 Å². The van der Waals surface area contributed by atoms with Crippen LogP contribution in [0, 0.1) is 0 Å². The zero-order chi connectivity index (χ0) is 23.9. The summed E-state index contributed by atoms with van der Waals surface area (Å²) >= 11 is 0. The Labute approximate surface area is 198 Å². The van der Waals surface area contributed by atoms with Crippen LogP contribution in [0.1, 0.15) is 41.1 Å². The molecule has 4 rings (SSSR count). The molecule has 1 aliphatic rings. The Morgan fingerprint density at radius 3 is 2.38 bits per heavy atom. The lowest BCUT2D eigenvalue weighted by molar-refractivity contribution is -0.137. The summed E-state index contributed by atoms with van der Waals surface area (Å²) < 4.78 is 5.45. The number of carbonyl (C=O) groups excluding carboxylic acids is 2. The number of amides is 2. The van der Waals surface area contributed by atoms with Gasteiger partial charge in [0.25, 0.3) is 11.8 Å². The predicted molar refractivity (Wildman–Crippen MR) is 129 cm³/mol. The maximum absolute atomic E-state index is 13.3. The van der Waals surface area contributed by atoms with Crippen LogP contribution in [0.4, 0.5) is 11.4 Å². The Bertz CT molecular complexity index is 1160. The van der Waals surface area contributed by atoms with Crippen LogP contribution in [0.5, 0.6) is 5.75 Å². The molecule has 7 nitrogen and oxygen atoms in total. The maximum atomic E-state index is 13.3. The summed E-state index contributed by atoms with van der Waals surface area (Å²) in [5.74, 6) is -0.807. The van der Waals surface area contributed by atoms with Gasteiger partial charge in [0.15, 0.2) is 6.61 Å². The first-order valence-corrected chi connectivity index (χ1v) is 11.2. The van der Waals surface area contributed by atoms with Crippen LogP contribution >= 0.6 is 0 Å². The largest absolute Gasteiger partial charge is 0.484 e. The normalized spacial score (nSPS) is 15.1. The lowest BCUT2D eigenvalue weighted by Crippen LogP contribution is -2.31. The van der Waals surface area contributed by atoms with Crippen LogP contribution in [-0.4, -0.2) is 36.0 Å². The Morgan fingerprint density at radius 2 is 1.65 bits per heavy atom. The number of nitrogens with zero attached hydrogens (tertiary/aromatic N) is 1. The lowest BCUT2D eigenvalue weighted by atomic mass is 9.91. The van der Waals surface area contributed by atoms with Crippen molar-refractivity contribution in [1.82, 2.24) is 0 Å². The molecule has 0 saturated heterocycles. The van der Waals surface area contributed by atoms with E-state index in [-0.39, 0.29) is 30.8 Å². The van der Waals surface area contributed by atoms with E-state index in [1.165, 1.54) is 0 Å². The van der Waals surface area contributed by atoms with Crippen molar-refractivity contribution in [2.24, 2.45) is 0 Å². The van der Waals surface area contributed by atoms with Gasteiger partial charge < -0.3 is 20.1 Å². The fraction of sp³-hybridized carbons (Fsp3) is 0.222. The Kier molecular flexibility index (Phi) is 7.22. The first kappa shape index (κ1) is 23.0. The second-order valence-electron chi connectivity index (χ2n) is 8.18. The highest BCUT2D eigenvalue weighted by Crippen LogP contribution is 2.37. The number of hydrogen-bond donors (Lipinski definition) is 2. The third-order valence-electron chi connectivity index (χ3n) is 5.80. The van der Waals surface area contributed by atoms with Gasteiger partial charge in [-0.2, -0.15) is 0 Å². The van der Waals surface area contributed by atoms with Crippen LogP contribution in [-0.2, 0) is 9.59 Å². The van der Waals surface area contributed by atoms with E-state index in [2.05, 4.69) is 5.32 Å². The maximum Gasteiger partial charge on any atom is 0.303 e. The zero-order valence-electron chi connectivity index (χ0n) is 18.6. The molecule has 0 aromatic heterocycles. The van der Waals surface area contributed by atoms with Crippen molar-refractivity contribution < 1.29 is 24.2 Å². The molecular weight excluding hydrogens is 432 g/mol. The summed E-state index contributed by atoms with van der Waals surface area (Å²) in [6, 6.07) is 23.3. The fourth-order valence-electron chi connectivity index (χ4n) is 4.20. The summed E-state index contributed by atoms with van der Waals surface area (Å²) in [7, 11) is 0. The second-order valence-corrected chi connectivity index (χ2v) is 8.18. The lowest BCUT2D eigenvalue weighted by Gasteiger charge is -2.24. The summed E-state index contributed by atoms with van der Waals surface area (Å²) in [6.07, 6.45) is 1.47. The number of aliphatic carboxylic acids is 1. The molecule has 0 spiro atoms. The highest BCUT2D eigenvalue weighted by atomic mass is 16.5. The molecule has 0 saturated carbocycles. The molecule has 0 aliphatic carbocycles. The first-order valence-electron chi connectivity index (χ1n) is 11.2. The van der Waals surface area contributed by atoms with Gasteiger partial charge in [-0.05, 0) is 66.8 Å². The number of nitrogens with one attached hydrogen (secondary N) is 1. The molecule has 3 aromatic rings. The van der Waals surface area contributed by atoms with E-state index < -0.39 is 5.97 Å². The third kappa shape index (κ3) is 5.61. The molecule has 0 fully saturated rings. The third-order valence-corrected chi connectivity index (χ3v) is 5.80. The average molecular weight is 459 g/mol. The molecule has 34 heavy (non-hydrogen) atoms. The van der Waals surface area contributed by atoms with Crippen LogP contribution in [0.15, 0.2) is 78.9 Å². The van der Waals surface area contributed by atoms with E-state index in [9.17, 15) is 19.5 Å². The van der Waals surface area contributed by atoms with Crippen molar-refractivity contribution >= 4 is 29.2 Å². The molecule has 1 unspecified atom stereocenters. The van der Waals surface area contributed by atoms with E-state index in [4.69, 9.17) is 4.74 Å². The minimum Gasteiger partial charge on any atom is -0.484 e. The average Bonchev–Trinajstić information content (AvgIpc) is 3.03. The number of hydrogen-bond acceptors (Lipinski definition) is 4. The van der Waals surface area contributed by atoms with Gasteiger partial charge >= 0.3 is 5.97 Å². The molecule has 0 radical (unpaired) electrons. The Morgan fingerprint density at radius 1 is 0.941 bits per heavy atom. The quantitative estimate of drug-likeness (QED) is 0.535. The van der Waals surface area contributed by atoms with Crippen molar-refractivity contribution in [3.63, 3.8) is 0 Å². The van der Waals surface area contributed by atoms with Crippen molar-refractivity contribution in [2.75, 3.05) is 23.4 Å². The predicted octanol–water partition coefficient (Wildman–Crippen LogP) is 4.70. The zero-order valence-corrected chi connectivity index (χ0v) is 18.6. The van der Waals surface area contributed by atoms with Gasteiger partial charge in [-0.25, -0.2) is 0 Å². The van der Waals surface area contributed by atoms with Crippen molar-refractivity contribution in [1.29, 1.82) is 0 Å². The highest BCUT2D eigenvalue weighted by molar-refractivity contribution is 6.07. The van der Waals surface area contributed by atoms with Crippen molar-refractivity contribution in [2.45, 2.75) is 25.2 Å². The summed E-state index contributed by atoms with van der Waals surface area (Å²) in [5, 5.41) is 12.1. The number of para-hydroxylation sites is 2. The van der Waals surface area contributed by atoms with Gasteiger partial charge in [-0.15, -0.1) is 0 Å². The summed E-state index contributed by atoms with van der Waals surface area (Å²) in [5.41, 5.74) is 2.70. The molecule has 2 amide bonds. The second kappa shape index (κ2) is 10.7. The fourth-order valence-corrected chi connectivity index (χ4v) is 4.20. The SMILES string of the molecule is O=C(O)CC1CCCN(C(=O)c2ccc(NC(=O)COc3ccccc3)cc2)c2ccccc21. The number of carboxylic acids is 1. The number of rotatable bonds is 7. The number of anilines is 2. The number of carbonyl (C=O) groups is 3. The van der Waals surface area contributed by atoms with E-state index >= 15 is 0 Å². The van der Waals surface area contributed by atoms with Gasteiger partial charge in [0.1, 0.15) is 5.75 Å². The molecule has 1 atom stereocenters. The number of benzene rings is 3. The molecular formula is C27H26N2O5. The van der Waals surface area contributed by atoms with Crippen LogP contribution < -0.4 is 15.0 Å². The molecule has 0 bridgehead atoms.